The Bertz CT molecular complexity index is 544. The van der Waals surface area contributed by atoms with Crippen molar-refractivity contribution < 1.29 is 9.13 Å². The normalized spacial score (nSPS) is 30.1. The highest BCUT2D eigenvalue weighted by molar-refractivity contribution is 7.99. The number of thioether (sulfide) groups is 1. The van der Waals surface area contributed by atoms with Crippen LogP contribution in [0.25, 0.3) is 0 Å². The second kappa shape index (κ2) is 5.25. The number of hydrogen-bond donors (Lipinski definition) is 1. The maximum absolute atomic E-state index is 13.6. The zero-order chi connectivity index (χ0) is 15.3. The lowest BCUT2D eigenvalue weighted by Crippen LogP contribution is -2.45. The Labute approximate surface area is 130 Å². The van der Waals surface area contributed by atoms with E-state index in [1.165, 1.54) is 4.90 Å². The van der Waals surface area contributed by atoms with Gasteiger partial charge >= 0.3 is 0 Å². The van der Waals surface area contributed by atoms with E-state index in [-0.39, 0.29) is 29.1 Å². The molecular formula is C17H24FNOS. The molecule has 2 nitrogen and oxygen atoms in total. The van der Waals surface area contributed by atoms with Crippen LogP contribution in [0.1, 0.15) is 52.1 Å². The number of nitrogens with one attached hydrogen (secondary N) is 1. The van der Waals surface area contributed by atoms with E-state index in [0.29, 0.717) is 0 Å². The molecule has 0 aromatic heterocycles. The Morgan fingerprint density at radius 2 is 2.05 bits per heavy atom. The molecule has 1 fully saturated rings. The lowest BCUT2D eigenvalue weighted by atomic mass is 9.92. The molecule has 0 bridgehead atoms. The molecule has 0 amide bonds. The van der Waals surface area contributed by atoms with Crippen LogP contribution in [-0.2, 0) is 4.74 Å². The molecule has 0 spiro atoms. The molecule has 2 atom stereocenters. The van der Waals surface area contributed by atoms with E-state index in [9.17, 15) is 4.39 Å². The minimum absolute atomic E-state index is 0.102. The number of ether oxygens (including phenoxy) is 1. The first-order valence-corrected chi connectivity index (χ1v) is 8.64. The Morgan fingerprint density at radius 3 is 2.71 bits per heavy atom. The van der Waals surface area contributed by atoms with E-state index in [4.69, 9.17) is 4.74 Å². The van der Waals surface area contributed by atoms with Gasteiger partial charge in [-0.2, -0.15) is 0 Å². The van der Waals surface area contributed by atoms with E-state index in [2.05, 4.69) is 33.0 Å². The number of fused-ring (bicyclic) bond motifs is 1. The summed E-state index contributed by atoms with van der Waals surface area (Å²) in [5.41, 5.74) is 0.809. The van der Waals surface area contributed by atoms with E-state index < -0.39 is 0 Å². The molecular weight excluding hydrogens is 285 g/mol. The molecule has 1 aromatic carbocycles. The van der Waals surface area contributed by atoms with Crippen LogP contribution in [0.2, 0.25) is 0 Å². The van der Waals surface area contributed by atoms with Gasteiger partial charge in [-0.15, -0.1) is 11.8 Å². The molecule has 2 unspecified atom stereocenters. The third-order valence-electron chi connectivity index (χ3n) is 4.49. The van der Waals surface area contributed by atoms with Gasteiger partial charge in [-0.3, -0.25) is 0 Å². The molecule has 0 saturated carbocycles. The summed E-state index contributed by atoms with van der Waals surface area (Å²) in [7, 11) is 0. The molecule has 1 saturated heterocycles. The van der Waals surface area contributed by atoms with Gasteiger partial charge in [-0.25, -0.2) is 4.39 Å². The van der Waals surface area contributed by atoms with Crippen LogP contribution in [-0.4, -0.2) is 23.0 Å². The van der Waals surface area contributed by atoms with Crippen LogP contribution < -0.4 is 5.32 Å². The van der Waals surface area contributed by atoms with Crippen molar-refractivity contribution in [1.82, 2.24) is 5.32 Å². The van der Waals surface area contributed by atoms with Gasteiger partial charge in [-0.1, -0.05) is 0 Å². The molecule has 1 aromatic rings. The van der Waals surface area contributed by atoms with Crippen molar-refractivity contribution in [3.8, 4) is 0 Å². The number of rotatable bonds is 2. The Balaban J connectivity index is 1.82. The van der Waals surface area contributed by atoms with Crippen molar-refractivity contribution in [2.75, 3.05) is 5.75 Å². The van der Waals surface area contributed by atoms with Crippen molar-refractivity contribution >= 4 is 11.8 Å². The second-order valence-electron chi connectivity index (χ2n) is 7.26. The highest BCUT2D eigenvalue weighted by atomic mass is 32.2. The predicted octanol–water partition coefficient (Wildman–Crippen LogP) is 4.30. The molecule has 4 heteroatoms. The van der Waals surface area contributed by atoms with Crippen molar-refractivity contribution in [3.63, 3.8) is 0 Å². The maximum Gasteiger partial charge on any atom is 0.123 e. The zero-order valence-electron chi connectivity index (χ0n) is 13.2. The van der Waals surface area contributed by atoms with Crippen LogP contribution in [0.15, 0.2) is 23.1 Å². The summed E-state index contributed by atoms with van der Waals surface area (Å²) >= 11 is 1.82. The Hall–Kier alpha value is -0.580. The summed E-state index contributed by atoms with van der Waals surface area (Å²) in [6.45, 7) is 8.56. The first kappa shape index (κ1) is 15.3. The summed E-state index contributed by atoms with van der Waals surface area (Å²) in [5.74, 6) is 0.929. The van der Waals surface area contributed by atoms with Crippen molar-refractivity contribution in [1.29, 1.82) is 0 Å². The average Bonchev–Trinajstić information content (AvgIpc) is 2.58. The number of hydrogen-bond acceptors (Lipinski definition) is 3. The lowest BCUT2D eigenvalue weighted by molar-refractivity contribution is -0.0705. The van der Waals surface area contributed by atoms with Crippen LogP contribution >= 0.6 is 11.8 Å². The van der Waals surface area contributed by atoms with Gasteiger partial charge in [0.2, 0.25) is 0 Å². The Kier molecular flexibility index (Phi) is 3.83. The van der Waals surface area contributed by atoms with Gasteiger partial charge in [0.05, 0.1) is 11.2 Å². The fraction of sp³-hybridized carbons (Fsp3) is 0.647. The van der Waals surface area contributed by atoms with Gasteiger partial charge in [0.25, 0.3) is 0 Å². The Morgan fingerprint density at radius 1 is 1.29 bits per heavy atom. The minimum Gasteiger partial charge on any atom is -0.368 e. The summed E-state index contributed by atoms with van der Waals surface area (Å²) < 4.78 is 19.8. The van der Waals surface area contributed by atoms with E-state index in [0.717, 1.165) is 24.2 Å². The predicted molar refractivity (Wildman–Crippen MR) is 85.3 cm³/mol. The van der Waals surface area contributed by atoms with Gasteiger partial charge in [0.15, 0.2) is 0 Å². The summed E-state index contributed by atoms with van der Waals surface area (Å²) in [5, 5.41) is 3.74. The lowest BCUT2D eigenvalue weighted by Gasteiger charge is -2.33. The molecule has 3 rings (SSSR count). The van der Waals surface area contributed by atoms with Crippen molar-refractivity contribution in [2.24, 2.45) is 0 Å². The largest absolute Gasteiger partial charge is 0.368 e. The van der Waals surface area contributed by atoms with Crippen LogP contribution in [0.4, 0.5) is 4.39 Å². The standard InChI is InChI=1S/C17H24FNOS/c1-16(2)10-15(17(3,4)20-16)19-13-7-8-21-14-6-5-11(18)9-12(13)14/h5-6,9,13,15,19H,7-8,10H2,1-4H3. The van der Waals surface area contributed by atoms with Gasteiger partial charge in [0, 0.05) is 17.0 Å². The van der Waals surface area contributed by atoms with Crippen LogP contribution in [0.3, 0.4) is 0 Å². The monoisotopic (exact) mass is 309 g/mol. The summed E-state index contributed by atoms with van der Waals surface area (Å²) in [6.07, 6.45) is 2.02. The van der Waals surface area contributed by atoms with E-state index >= 15 is 0 Å². The second-order valence-corrected chi connectivity index (χ2v) is 8.40. The van der Waals surface area contributed by atoms with E-state index in [1.54, 1.807) is 12.1 Å². The fourth-order valence-corrected chi connectivity index (χ4v) is 4.71. The van der Waals surface area contributed by atoms with E-state index in [1.807, 2.05) is 17.8 Å². The number of halogens is 1. The van der Waals surface area contributed by atoms with Gasteiger partial charge in [-0.05, 0) is 70.1 Å². The fourth-order valence-electron chi connectivity index (χ4n) is 3.60. The molecule has 21 heavy (non-hydrogen) atoms. The molecule has 0 radical (unpaired) electrons. The molecule has 0 aliphatic carbocycles. The first-order chi connectivity index (χ1) is 9.77. The van der Waals surface area contributed by atoms with Crippen LogP contribution in [0.5, 0.6) is 0 Å². The maximum atomic E-state index is 13.6. The quantitative estimate of drug-likeness (QED) is 0.880. The summed E-state index contributed by atoms with van der Waals surface area (Å²) in [4.78, 5) is 1.20. The van der Waals surface area contributed by atoms with Crippen molar-refractivity contribution in [2.45, 2.75) is 68.7 Å². The smallest absolute Gasteiger partial charge is 0.123 e. The van der Waals surface area contributed by atoms with Gasteiger partial charge < -0.3 is 10.1 Å². The molecule has 2 aliphatic heterocycles. The number of benzene rings is 1. The zero-order valence-corrected chi connectivity index (χ0v) is 14.0. The minimum atomic E-state index is -0.193. The topological polar surface area (TPSA) is 21.3 Å². The van der Waals surface area contributed by atoms with Crippen molar-refractivity contribution in [3.05, 3.63) is 29.6 Å². The average molecular weight is 309 g/mol. The molecule has 2 aliphatic rings. The third kappa shape index (κ3) is 3.13. The first-order valence-electron chi connectivity index (χ1n) is 7.65. The third-order valence-corrected chi connectivity index (χ3v) is 5.61. The van der Waals surface area contributed by atoms with Crippen LogP contribution in [0, 0.1) is 5.82 Å². The van der Waals surface area contributed by atoms with Gasteiger partial charge in [0.1, 0.15) is 5.82 Å². The molecule has 116 valence electrons. The summed E-state index contributed by atoms with van der Waals surface area (Å²) in [6, 6.07) is 5.66. The SMILES string of the molecule is CC1(C)CC(NC2CCSc3ccc(F)cc32)C(C)(C)O1. The highest BCUT2D eigenvalue weighted by Gasteiger charge is 2.46. The molecule has 1 N–H and O–H groups in total. The molecule has 2 heterocycles. The highest BCUT2D eigenvalue weighted by Crippen LogP contribution is 2.41.